The van der Waals surface area contributed by atoms with Crippen molar-refractivity contribution in [2.75, 3.05) is 33.3 Å². The van der Waals surface area contributed by atoms with Gasteiger partial charge in [-0.15, -0.1) is 0 Å². The summed E-state index contributed by atoms with van der Waals surface area (Å²) in [5.41, 5.74) is -0.748. The predicted molar refractivity (Wildman–Crippen MR) is 144 cm³/mol. The van der Waals surface area contributed by atoms with Crippen molar-refractivity contribution in [3.63, 3.8) is 0 Å². The van der Waals surface area contributed by atoms with E-state index in [0.29, 0.717) is 50.7 Å². The highest BCUT2D eigenvalue weighted by atomic mass is 79.9. The van der Waals surface area contributed by atoms with E-state index in [1.807, 2.05) is 39.0 Å². The normalized spacial score (nSPS) is 24.3. The Morgan fingerprint density at radius 1 is 1.03 bits per heavy atom. The highest BCUT2D eigenvalue weighted by Crippen LogP contribution is 2.48. The van der Waals surface area contributed by atoms with Gasteiger partial charge < -0.3 is 24.4 Å². The van der Waals surface area contributed by atoms with Crippen LogP contribution in [0.2, 0.25) is 0 Å². The van der Waals surface area contributed by atoms with Crippen LogP contribution in [0.3, 0.4) is 0 Å². The highest BCUT2D eigenvalue weighted by Gasteiger charge is 2.48. The van der Waals surface area contributed by atoms with Gasteiger partial charge in [-0.1, -0.05) is 26.8 Å². The lowest BCUT2D eigenvalue weighted by molar-refractivity contribution is -0.144. The second kappa shape index (κ2) is 10.9. The van der Waals surface area contributed by atoms with E-state index < -0.39 is 17.1 Å². The quantitative estimate of drug-likeness (QED) is 0.514. The highest BCUT2D eigenvalue weighted by molar-refractivity contribution is 9.10. The van der Waals surface area contributed by atoms with Gasteiger partial charge in [-0.25, -0.2) is 4.79 Å². The van der Waals surface area contributed by atoms with Crippen LogP contribution < -0.4 is 4.74 Å². The van der Waals surface area contributed by atoms with E-state index >= 15 is 0 Å². The molecule has 1 aromatic rings. The van der Waals surface area contributed by atoms with E-state index in [1.54, 1.807) is 16.9 Å². The molecule has 0 spiro atoms. The molecule has 7 nitrogen and oxygen atoms in total. The van der Waals surface area contributed by atoms with Crippen molar-refractivity contribution in [2.24, 2.45) is 11.3 Å². The van der Waals surface area contributed by atoms with Gasteiger partial charge in [0.25, 0.3) is 0 Å². The minimum Gasteiger partial charge on any atom is -0.496 e. The summed E-state index contributed by atoms with van der Waals surface area (Å²) < 4.78 is 11.6. The number of carbonyl (C=O) groups excluding carboxylic acids is 2. The number of amides is 2. The zero-order chi connectivity index (χ0) is 26.9. The van der Waals surface area contributed by atoms with Crippen LogP contribution >= 0.6 is 15.9 Å². The Hall–Kier alpha value is -1.80. The summed E-state index contributed by atoms with van der Waals surface area (Å²) in [7, 11) is 1.61. The maximum absolute atomic E-state index is 14.0. The molecule has 2 aliphatic rings. The molecule has 1 atom stereocenters. The first kappa shape index (κ1) is 28.8. The zero-order valence-corrected chi connectivity index (χ0v) is 24.5. The minimum absolute atomic E-state index is 0.0902. The molecule has 3 rings (SSSR count). The molecule has 1 aliphatic carbocycles. The van der Waals surface area contributed by atoms with Crippen LogP contribution in [0.1, 0.15) is 78.7 Å². The van der Waals surface area contributed by atoms with Crippen molar-refractivity contribution in [2.45, 2.75) is 84.3 Å². The molecule has 1 unspecified atom stereocenters. The Morgan fingerprint density at radius 2 is 1.58 bits per heavy atom. The largest absolute Gasteiger partial charge is 0.496 e. The molecule has 0 radical (unpaired) electrons. The molecule has 1 saturated carbocycles. The lowest BCUT2D eigenvalue weighted by Gasteiger charge is -2.46. The van der Waals surface area contributed by atoms with E-state index in [-0.39, 0.29) is 17.4 Å². The molecule has 8 heteroatoms. The molecule has 2 amide bonds. The number of piperazine rings is 1. The number of hydrogen-bond donors (Lipinski definition) is 1. The van der Waals surface area contributed by atoms with Gasteiger partial charge in [0.15, 0.2) is 0 Å². The third-order valence-corrected chi connectivity index (χ3v) is 8.23. The van der Waals surface area contributed by atoms with Crippen molar-refractivity contribution in [3.8, 4) is 5.75 Å². The van der Waals surface area contributed by atoms with Crippen LogP contribution in [0.4, 0.5) is 4.79 Å². The molecule has 202 valence electrons. The van der Waals surface area contributed by atoms with E-state index in [0.717, 1.165) is 22.9 Å². The number of rotatable bonds is 4. The van der Waals surface area contributed by atoms with Crippen molar-refractivity contribution in [1.29, 1.82) is 0 Å². The number of methoxy groups -OCH3 is 1. The van der Waals surface area contributed by atoms with E-state index in [2.05, 4.69) is 36.7 Å². The third-order valence-electron chi connectivity index (χ3n) is 7.61. The summed E-state index contributed by atoms with van der Waals surface area (Å²) in [6.45, 7) is 13.9. The van der Waals surface area contributed by atoms with Gasteiger partial charge in [0.05, 0.1) is 23.1 Å². The summed E-state index contributed by atoms with van der Waals surface area (Å²) >= 11 is 3.56. The van der Waals surface area contributed by atoms with Crippen molar-refractivity contribution in [3.05, 3.63) is 28.2 Å². The van der Waals surface area contributed by atoms with Gasteiger partial charge in [-0.2, -0.15) is 0 Å². The second-order valence-corrected chi connectivity index (χ2v) is 13.2. The maximum Gasteiger partial charge on any atom is 0.410 e. The summed E-state index contributed by atoms with van der Waals surface area (Å²) in [4.78, 5) is 30.0. The van der Waals surface area contributed by atoms with Gasteiger partial charge >= 0.3 is 6.09 Å². The first-order chi connectivity index (χ1) is 16.6. The fourth-order valence-corrected chi connectivity index (χ4v) is 5.99. The lowest BCUT2D eigenvalue weighted by atomic mass is 9.64. The Balaban J connectivity index is 1.82. The topological polar surface area (TPSA) is 79.3 Å². The fraction of sp³-hybridized carbons (Fsp3) is 0.714. The first-order valence-corrected chi connectivity index (χ1v) is 13.8. The maximum atomic E-state index is 14.0. The molecule has 0 aromatic heterocycles. The predicted octanol–water partition coefficient (Wildman–Crippen LogP) is 5.59. The number of halogens is 1. The number of aliphatic hydroxyl groups is 1. The molecular weight excluding hydrogens is 524 g/mol. The van der Waals surface area contributed by atoms with Crippen LogP contribution in [0.5, 0.6) is 5.75 Å². The zero-order valence-electron chi connectivity index (χ0n) is 22.9. The fourth-order valence-electron chi connectivity index (χ4n) is 5.44. The molecule has 1 N–H and O–H groups in total. The summed E-state index contributed by atoms with van der Waals surface area (Å²) in [5, 5.41) is 12.0. The lowest BCUT2D eigenvalue weighted by Crippen LogP contribution is -2.55. The van der Waals surface area contributed by atoms with E-state index in [4.69, 9.17) is 9.47 Å². The summed E-state index contributed by atoms with van der Waals surface area (Å²) in [5.74, 6) is 0.411. The number of nitrogens with zero attached hydrogens (tertiary/aromatic N) is 2. The standard InChI is InChI=1S/C28H43BrN2O5/c1-26(2,3)20-10-12-28(34,13-11-20)23(19-8-9-22(35-7)21(29)18-19)24(32)30-14-16-31(17-15-30)25(33)36-27(4,5)6/h8-9,18,20,23,34H,10-17H2,1-7H3. The van der Waals surface area contributed by atoms with Gasteiger partial charge in [0.1, 0.15) is 11.4 Å². The summed E-state index contributed by atoms with van der Waals surface area (Å²) in [6, 6.07) is 5.62. The van der Waals surface area contributed by atoms with Crippen molar-refractivity contribution in [1.82, 2.24) is 9.80 Å². The van der Waals surface area contributed by atoms with Crippen LogP contribution in [-0.4, -0.2) is 71.4 Å². The Kier molecular flexibility index (Phi) is 8.71. The number of hydrogen-bond acceptors (Lipinski definition) is 5. The van der Waals surface area contributed by atoms with Crippen LogP contribution in [0.25, 0.3) is 0 Å². The Bertz CT molecular complexity index is 936. The van der Waals surface area contributed by atoms with E-state index in [1.165, 1.54) is 0 Å². The van der Waals surface area contributed by atoms with Crippen molar-refractivity contribution >= 4 is 27.9 Å². The van der Waals surface area contributed by atoms with Gasteiger partial charge in [-0.3, -0.25) is 4.79 Å². The van der Waals surface area contributed by atoms with Gasteiger partial charge in [-0.05, 0) is 91.4 Å². The molecule has 36 heavy (non-hydrogen) atoms. The first-order valence-electron chi connectivity index (χ1n) is 13.0. The molecule has 1 heterocycles. The minimum atomic E-state index is -1.13. The molecular formula is C28H43BrN2O5. The summed E-state index contributed by atoms with van der Waals surface area (Å²) in [6.07, 6.45) is 2.56. The molecule has 1 aliphatic heterocycles. The number of benzene rings is 1. The van der Waals surface area contributed by atoms with Crippen molar-refractivity contribution < 1.29 is 24.2 Å². The average molecular weight is 568 g/mol. The average Bonchev–Trinajstić information content (AvgIpc) is 2.78. The number of carbonyl (C=O) groups is 2. The molecule has 0 bridgehead atoms. The van der Waals surface area contributed by atoms with E-state index in [9.17, 15) is 14.7 Å². The molecule has 1 saturated heterocycles. The number of ether oxygens (including phenoxy) is 2. The Morgan fingerprint density at radius 3 is 2.06 bits per heavy atom. The van der Waals surface area contributed by atoms with Crippen LogP contribution in [0.15, 0.2) is 22.7 Å². The third kappa shape index (κ3) is 6.74. The van der Waals surface area contributed by atoms with Crippen LogP contribution in [-0.2, 0) is 9.53 Å². The molecule has 2 fully saturated rings. The SMILES string of the molecule is COc1ccc(C(C(=O)N2CCN(C(=O)OC(C)(C)C)CC2)C2(O)CCC(C(C)(C)C)CC2)cc1Br. The molecule has 1 aromatic carbocycles. The van der Waals surface area contributed by atoms with Gasteiger partial charge in [0, 0.05) is 26.2 Å². The van der Waals surface area contributed by atoms with Gasteiger partial charge in [0.2, 0.25) is 5.91 Å². The second-order valence-electron chi connectivity index (χ2n) is 12.4. The smallest absolute Gasteiger partial charge is 0.410 e. The van der Waals surface area contributed by atoms with Crippen LogP contribution in [0, 0.1) is 11.3 Å². The monoisotopic (exact) mass is 566 g/mol. The Labute approximate surface area is 224 Å².